The molecule has 3 N–H and O–H groups in total. The van der Waals surface area contributed by atoms with Crippen LogP contribution < -0.4 is 15.4 Å². The molecule has 0 saturated heterocycles. The van der Waals surface area contributed by atoms with Gasteiger partial charge in [0.15, 0.2) is 5.96 Å². The van der Waals surface area contributed by atoms with E-state index in [4.69, 9.17) is 4.74 Å². The number of guanidine groups is 1. The van der Waals surface area contributed by atoms with Gasteiger partial charge in [-0.25, -0.2) is 4.39 Å². The van der Waals surface area contributed by atoms with Crippen molar-refractivity contribution in [1.82, 2.24) is 15.6 Å². The number of methoxy groups -OCH3 is 1. The Balaban J connectivity index is 1.52. The highest BCUT2D eigenvalue weighted by molar-refractivity contribution is 5.83. The molecule has 6 heteroatoms. The summed E-state index contributed by atoms with van der Waals surface area (Å²) in [6.07, 6.45) is 2.74. The van der Waals surface area contributed by atoms with Crippen LogP contribution in [0.5, 0.6) is 5.75 Å². The zero-order valence-corrected chi connectivity index (χ0v) is 15.0. The van der Waals surface area contributed by atoms with Gasteiger partial charge in [-0.3, -0.25) is 4.99 Å². The smallest absolute Gasteiger partial charge is 0.191 e. The number of hydrogen-bond acceptors (Lipinski definition) is 2. The summed E-state index contributed by atoms with van der Waals surface area (Å²) < 4.78 is 18.5. The Morgan fingerprint density at radius 2 is 2.08 bits per heavy atom. The number of nitrogens with zero attached hydrogens (tertiary/aromatic N) is 1. The largest absolute Gasteiger partial charge is 0.497 e. The monoisotopic (exact) mass is 354 g/mol. The van der Waals surface area contributed by atoms with E-state index in [0.717, 1.165) is 46.7 Å². The van der Waals surface area contributed by atoms with Crippen molar-refractivity contribution in [2.75, 3.05) is 20.7 Å². The molecule has 0 aliphatic carbocycles. The predicted molar refractivity (Wildman–Crippen MR) is 103 cm³/mol. The first-order chi connectivity index (χ1) is 12.7. The third kappa shape index (κ3) is 4.33. The van der Waals surface area contributed by atoms with Crippen molar-refractivity contribution in [2.24, 2.45) is 4.99 Å². The summed E-state index contributed by atoms with van der Waals surface area (Å²) in [6, 6.07) is 12.7. The normalized spacial score (nSPS) is 11.6. The maximum Gasteiger partial charge on any atom is 0.191 e. The lowest BCUT2D eigenvalue weighted by Crippen LogP contribution is -2.37. The van der Waals surface area contributed by atoms with E-state index in [0.29, 0.717) is 6.54 Å². The molecule has 3 aromatic rings. The third-order valence-electron chi connectivity index (χ3n) is 4.23. The topological polar surface area (TPSA) is 61.4 Å². The number of hydrogen-bond donors (Lipinski definition) is 3. The quantitative estimate of drug-likeness (QED) is 0.470. The summed E-state index contributed by atoms with van der Waals surface area (Å²) in [6.45, 7) is 1.38. The molecule has 0 atom stereocenters. The minimum Gasteiger partial charge on any atom is -0.497 e. The summed E-state index contributed by atoms with van der Waals surface area (Å²) in [7, 11) is 3.40. The number of aromatic amines is 1. The van der Waals surface area contributed by atoms with Crippen LogP contribution >= 0.6 is 0 Å². The molecular formula is C20H23FN4O. The fourth-order valence-corrected chi connectivity index (χ4v) is 2.87. The van der Waals surface area contributed by atoms with E-state index in [-0.39, 0.29) is 5.82 Å². The van der Waals surface area contributed by atoms with Crippen LogP contribution in [0.1, 0.15) is 11.1 Å². The van der Waals surface area contributed by atoms with E-state index in [2.05, 4.69) is 20.6 Å². The van der Waals surface area contributed by atoms with E-state index in [9.17, 15) is 4.39 Å². The summed E-state index contributed by atoms with van der Waals surface area (Å²) in [4.78, 5) is 7.36. The van der Waals surface area contributed by atoms with Crippen molar-refractivity contribution < 1.29 is 9.13 Å². The number of aliphatic imine (C=N–C) groups is 1. The number of aromatic nitrogens is 1. The van der Waals surface area contributed by atoms with Crippen LogP contribution in [-0.4, -0.2) is 31.6 Å². The fraction of sp³-hybridized carbons (Fsp3) is 0.250. The van der Waals surface area contributed by atoms with E-state index < -0.39 is 0 Å². The van der Waals surface area contributed by atoms with Crippen molar-refractivity contribution in [1.29, 1.82) is 0 Å². The van der Waals surface area contributed by atoms with Crippen LogP contribution in [0.4, 0.5) is 4.39 Å². The Labute approximate surface area is 152 Å². The lowest BCUT2D eigenvalue weighted by atomic mass is 10.1. The average Bonchev–Trinajstić information content (AvgIpc) is 3.06. The number of H-pyrrole nitrogens is 1. The van der Waals surface area contributed by atoms with Crippen LogP contribution in [-0.2, 0) is 13.0 Å². The number of ether oxygens (including phenoxy) is 1. The molecule has 26 heavy (non-hydrogen) atoms. The van der Waals surface area contributed by atoms with Gasteiger partial charge in [0, 0.05) is 37.2 Å². The van der Waals surface area contributed by atoms with Gasteiger partial charge in [0.1, 0.15) is 11.6 Å². The van der Waals surface area contributed by atoms with E-state index in [1.165, 1.54) is 12.1 Å². The first kappa shape index (κ1) is 17.8. The summed E-state index contributed by atoms with van der Waals surface area (Å²) in [5.41, 5.74) is 3.09. The number of rotatable bonds is 6. The van der Waals surface area contributed by atoms with Crippen LogP contribution in [0.25, 0.3) is 10.9 Å². The van der Waals surface area contributed by atoms with Gasteiger partial charge in [-0.05, 0) is 47.9 Å². The zero-order chi connectivity index (χ0) is 18.4. The molecule has 1 aromatic heterocycles. The Bertz CT molecular complexity index is 904. The molecule has 3 rings (SSSR count). The Morgan fingerprint density at radius 1 is 1.19 bits per heavy atom. The molecule has 136 valence electrons. The van der Waals surface area contributed by atoms with Crippen molar-refractivity contribution in [3.63, 3.8) is 0 Å². The predicted octanol–water partition coefficient (Wildman–Crippen LogP) is 3.22. The SMILES string of the molecule is CN=C(NCCc1c[nH]c2cc(F)ccc12)NCc1cccc(OC)c1. The van der Waals surface area contributed by atoms with Crippen LogP contribution in [0.3, 0.4) is 0 Å². The second-order valence-corrected chi connectivity index (χ2v) is 5.96. The Morgan fingerprint density at radius 3 is 2.88 bits per heavy atom. The molecule has 0 radical (unpaired) electrons. The fourth-order valence-electron chi connectivity index (χ4n) is 2.87. The Kier molecular flexibility index (Phi) is 5.73. The molecule has 2 aromatic carbocycles. The molecule has 0 bridgehead atoms. The molecule has 0 spiro atoms. The van der Waals surface area contributed by atoms with Gasteiger partial charge in [-0.2, -0.15) is 0 Å². The number of halogens is 1. The van der Waals surface area contributed by atoms with Gasteiger partial charge in [-0.1, -0.05) is 12.1 Å². The molecule has 5 nitrogen and oxygen atoms in total. The first-order valence-corrected chi connectivity index (χ1v) is 8.52. The van der Waals surface area contributed by atoms with Crippen LogP contribution in [0.2, 0.25) is 0 Å². The molecule has 1 heterocycles. The molecule has 0 fully saturated rings. The Hall–Kier alpha value is -3.02. The van der Waals surface area contributed by atoms with Gasteiger partial charge >= 0.3 is 0 Å². The second-order valence-electron chi connectivity index (χ2n) is 5.96. The van der Waals surface area contributed by atoms with Gasteiger partial charge < -0.3 is 20.4 Å². The molecule has 0 unspecified atom stereocenters. The third-order valence-corrected chi connectivity index (χ3v) is 4.23. The molecule has 0 amide bonds. The first-order valence-electron chi connectivity index (χ1n) is 8.52. The lowest BCUT2D eigenvalue weighted by molar-refractivity contribution is 0.414. The summed E-state index contributed by atoms with van der Waals surface area (Å²) in [5.74, 6) is 1.34. The lowest BCUT2D eigenvalue weighted by Gasteiger charge is -2.12. The van der Waals surface area contributed by atoms with E-state index in [1.807, 2.05) is 36.5 Å². The van der Waals surface area contributed by atoms with Gasteiger partial charge in [0.2, 0.25) is 0 Å². The summed E-state index contributed by atoms with van der Waals surface area (Å²) >= 11 is 0. The van der Waals surface area contributed by atoms with Crippen LogP contribution in [0.15, 0.2) is 53.7 Å². The molecular weight excluding hydrogens is 331 g/mol. The maximum absolute atomic E-state index is 13.3. The molecule has 0 aliphatic rings. The van der Waals surface area contributed by atoms with Crippen molar-refractivity contribution in [3.8, 4) is 5.75 Å². The van der Waals surface area contributed by atoms with E-state index in [1.54, 1.807) is 14.2 Å². The van der Waals surface area contributed by atoms with Crippen LogP contribution in [0, 0.1) is 5.82 Å². The number of fused-ring (bicyclic) bond motifs is 1. The average molecular weight is 354 g/mol. The van der Waals surface area contributed by atoms with Gasteiger partial charge in [-0.15, -0.1) is 0 Å². The van der Waals surface area contributed by atoms with Gasteiger partial charge in [0.05, 0.1) is 7.11 Å². The highest BCUT2D eigenvalue weighted by atomic mass is 19.1. The zero-order valence-electron chi connectivity index (χ0n) is 15.0. The van der Waals surface area contributed by atoms with E-state index >= 15 is 0 Å². The number of benzene rings is 2. The highest BCUT2D eigenvalue weighted by Gasteiger charge is 2.05. The highest BCUT2D eigenvalue weighted by Crippen LogP contribution is 2.19. The minimum absolute atomic E-state index is 0.230. The van der Waals surface area contributed by atoms with Gasteiger partial charge in [0.25, 0.3) is 0 Å². The second kappa shape index (κ2) is 8.38. The molecule has 0 aliphatic heterocycles. The standard InChI is InChI=1S/C20H23FN4O/c1-22-20(25-12-14-4-3-5-17(10-14)26-2)23-9-8-15-13-24-19-11-16(21)6-7-18(15)19/h3-7,10-11,13,24H,8-9,12H2,1-2H3,(H2,22,23,25). The molecule has 0 saturated carbocycles. The number of nitrogens with one attached hydrogen (secondary N) is 3. The van der Waals surface area contributed by atoms with Crippen molar-refractivity contribution >= 4 is 16.9 Å². The van der Waals surface area contributed by atoms with Crippen molar-refractivity contribution in [3.05, 3.63) is 65.6 Å². The van der Waals surface area contributed by atoms with Crippen molar-refractivity contribution in [2.45, 2.75) is 13.0 Å². The summed E-state index contributed by atoms with van der Waals surface area (Å²) in [5, 5.41) is 7.64. The maximum atomic E-state index is 13.3. The minimum atomic E-state index is -0.230.